The molecule has 0 unspecified atom stereocenters. The molecule has 1 aromatic heterocycles. The zero-order valence-electron chi connectivity index (χ0n) is 14.4. The van der Waals surface area contributed by atoms with Crippen LogP contribution in [0.4, 0.5) is 0 Å². The van der Waals surface area contributed by atoms with Crippen molar-refractivity contribution in [2.45, 2.75) is 31.6 Å². The number of carbonyl (C=O) groups excluding carboxylic acids is 1. The van der Waals surface area contributed by atoms with Crippen LogP contribution in [0.3, 0.4) is 0 Å². The Kier molecular flexibility index (Phi) is 4.96. The summed E-state index contributed by atoms with van der Waals surface area (Å²) >= 11 is 0. The third kappa shape index (κ3) is 3.80. The average molecular weight is 354 g/mol. The van der Waals surface area contributed by atoms with Gasteiger partial charge in [-0.05, 0) is 31.7 Å². The van der Waals surface area contributed by atoms with Gasteiger partial charge in [0.15, 0.2) is 0 Å². The van der Waals surface area contributed by atoms with E-state index in [-0.39, 0.29) is 11.8 Å². The number of piperidine rings is 2. The molecule has 134 valence electrons. The molecule has 3 rings (SSSR count). The highest BCUT2D eigenvalue weighted by Crippen LogP contribution is 2.29. The molecule has 0 N–H and O–H groups in total. The molecular weight excluding hydrogens is 328 g/mol. The maximum Gasteiger partial charge on any atom is 0.225 e. The number of nitrogens with zero attached hydrogens (tertiary/aromatic N) is 4. The van der Waals surface area contributed by atoms with Gasteiger partial charge in [0.05, 0.1) is 11.9 Å². The van der Waals surface area contributed by atoms with E-state index in [0.717, 1.165) is 31.6 Å². The molecule has 3 heterocycles. The van der Waals surface area contributed by atoms with Gasteiger partial charge in [0, 0.05) is 51.3 Å². The molecule has 2 fully saturated rings. The molecule has 0 atom stereocenters. The van der Waals surface area contributed by atoms with Crippen molar-refractivity contribution in [2.75, 3.05) is 32.4 Å². The number of rotatable bonds is 3. The van der Waals surface area contributed by atoms with Gasteiger partial charge in [0.1, 0.15) is 0 Å². The van der Waals surface area contributed by atoms with E-state index in [9.17, 15) is 13.2 Å². The number of aromatic nitrogens is 2. The summed E-state index contributed by atoms with van der Waals surface area (Å²) in [5.41, 5.74) is 1.12. The summed E-state index contributed by atoms with van der Waals surface area (Å²) < 4.78 is 26.4. The first-order valence-electron chi connectivity index (χ1n) is 8.58. The molecule has 0 saturated carbocycles. The van der Waals surface area contributed by atoms with Crippen molar-refractivity contribution in [3.05, 3.63) is 18.0 Å². The van der Waals surface area contributed by atoms with Gasteiger partial charge in [-0.1, -0.05) is 0 Å². The molecule has 2 aliphatic rings. The van der Waals surface area contributed by atoms with Crippen molar-refractivity contribution in [1.82, 2.24) is 19.0 Å². The number of sulfonamides is 1. The molecule has 7 nitrogen and oxygen atoms in total. The quantitative estimate of drug-likeness (QED) is 0.804. The molecule has 0 bridgehead atoms. The van der Waals surface area contributed by atoms with Crippen LogP contribution in [-0.4, -0.2) is 65.7 Å². The van der Waals surface area contributed by atoms with E-state index in [1.807, 2.05) is 22.8 Å². The van der Waals surface area contributed by atoms with E-state index in [1.165, 1.54) is 10.6 Å². The van der Waals surface area contributed by atoms with E-state index in [4.69, 9.17) is 0 Å². The lowest BCUT2D eigenvalue weighted by molar-refractivity contribution is -0.137. The molecule has 0 radical (unpaired) electrons. The van der Waals surface area contributed by atoms with Crippen LogP contribution in [0.25, 0.3) is 0 Å². The van der Waals surface area contributed by atoms with E-state index in [0.29, 0.717) is 31.8 Å². The van der Waals surface area contributed by atoms with E-state index in [1.54, 1.807) is 0 Å². The molecule has 24 heavy (non-hydrogen) atoms. The minimum absolute atomic E-state index is 0.0330. The van der Waals surface area contributed by atoms with Gasteiger partial charge in [-0.3, -0.25) is 9.48 Å². The monoisotopic (exact) mass is 354 g/mol. The minimum Gasteiger partial charge on any atom is -0.342 e. The topological polar surface area (TPSA) is 75.5 Å². The molecule has 2 saturated heterocycles. The highest BCUT2D eigenvalue weighted by molar-refractivity contribution is 7.88. The smallest absolute Gasteiger partial charge is 0.225 e. The van der Waals surface area contributed by atoms with Crippen LogP contribution in [0.15, 0.2) is 12.3 Å². The molecule has 1 amide bonds. The zero-order chi connectivity index (χ0) is 17.3. The molecule has 0 spiro atoms. The van der Waals surface area contributed by atoms with Crippen LogP contribution in [0.5, 0.6) is 0 Å². The summed E-state index contributed by atoms with van der Waals surface area (Å²) in [7, 11) is -1.21. The Morgan fingerprint density at radius 1 is 1.12 bits per heavy atom. The summed E-state index contributed by atoms with van der Waals surface area (Å²) in [5, 5.41) is 4.48. The van der Waals surface area contributed by atoms with Gasteiger partial charge in [0.2, 0.25) is 15.9 Å². The normalized spacial score (nSPS) is 22.0. The maximum absolute atomic E-state index is 12.7. The van der Waals surface area contributed by atoms with Gasteiger partial charge in [-0.2, -0.15) is 5.10 Å². The Morgan fingerprint density at radius 3 is 2.25 bits per heavy atom. The zero-order valence-corrected chi connectivity index (χ0v) is 15.2. The van der Waals surface area contributed by atoms with Crippen molar-refractivity contribution in [3.8, 4) is 0 Å². The van der Waals surface area contributed by atoms with E-state index in [2.05, 4.69) is 11.2 Å². The first-order chi connectivity index (χ1) is 11.3. The highest BCUT2D eigenvalue weighted by atomic mass is 32.2. The summed E-state index contributed by atoms with van der Waals surface area (Å²) in [6, 6.07) is 2.06. The predicted molar refractivity (Wildman–Crippen MR) is 90.9 cm³/mol. The van der Waals surface area contributed by atoms with Crippen molar-refractivity contribution in [2.24, 2.45) is 13.0 Å². The van der Waals surface area contributed by atoms with Crippen LogP contribution < -0.4 is 0 Å². The van der Waals surface area contributed by atoms with Gasteiger partial charge in [-0.25, -0.2) is 12.7 Å². The Labute approximate surface area is 143 Å². The van der Waals surface area contributed by atoms with Crippen LogP contribution >= 0.6 is 0 Å². The SMILES string of the molecule is Cn1ccc(C2CCN(C(=O)C3CCN(S(C)(=O)=O)CC3)CC2)n1. The number of hydrogen-bond acceptors (Lipinski definition) is 4. The molecule has 8 heteroatoms. The maximum atomic E-state index is 12.7. The van der Waals surface area contributed by atoms with Gasteiger partial charge < -0.3 is 4.90 Å². The summed E-state index contributed by atoms with van der Waals surface area (Å²) in [5.74, 6) is 0.597. The largest absolute Gasteiger partial charge is 0.342 e. The molecule has 1 aromatic rings. The Balaban J connectivity index is 1.51. The lowest BCUT2D eigenvalue weighted by atomic mass is 9.91. The minimum atomic E-state index is -3.14. The van der Waals surface area contributed by atoms with Crippen molar-refractivity contribution in [3.63, 3.8) is 0 Å². The third-order valence-electron chi connectivity index (χ3n) is 5.23. The number of likely N-dealkylation sites (tertiary alicyclic amines) is 1. The highest BCUT2D eigenvalue weighted by Gasteiger charge is 2.33. The second-order valence-corrected chi connectivity index (χ2v) is 8.93. The first kappa shape index (κ1) is 17.4. The van der Waals surface area contributed by atoms with Crippen LogP contribution in [0.1, 0.15) is 37.3 Å². The Morgan fingerprint density at radius 2 is 1.75 bits per heavy atom. The second kappa shape index (κ2) is 6.84. The van der Waals surface area contributed by atoms with Gasteiger partial charge in [-0.15, -0.1) is 0 Å². The van der Waals surface area contributed by atoms with Crippen LogP contribution in [-0.2, 0) is 21.9 Å². The number of amides is 1. The second-order valence-electron chi connectivity index (χ2n) is 6.95. The Hall–Kier alpha value is -1.41. The summed E-state index contributed by atoms with van der Waals surface area (Å²) in [6.07, 6.45) is 6.36. The molecular formula is C16H26N4O3S. The molecule has 0 aliphatic carbocycles. The van der Waals surface area contributed by atoms with Crippen molar-refractivity contribution >= 4 is 15.9 Å². The lowest BCUT2D eigenvalue weighted by Gasteiger charge is -2.36. The fourth-order valence-corrected chi connectivity index (χ4v) is 4.61. The first-order valence-corrected chi connectivity index (χ1v) is 10.4. The number of carbonyl (C=O) groups is 1. The number of hydrogen-bond donors (Lipinski definition) is 0. The third-order valence-corrected chi connectivity index (χ3v) is 6.53. The Bertz CT molecular complexity index is 684. The van der Waals surface area contributed by atoms with Gasteiger partial charge in [0.25, 0.3) is 0 Å². The number of aryl methyl sites for hydroxylation is 1. The van der Waals surface area contributed by atoms with E-state index >= 15 is 0 Å². The fraction of sp³-hybridized carbons (Fsp3) is 0.750. The van der Waals surface area contributed by atoms with Crippen LogP contribution in [0, 0.1) is 5.92 Å². The molecule has 0 aromatic carbocycles. The average Bonchev–Trinajstić information content (AvgIpc) is 3.00. The summed E-state index contributed by atoms with van der Waals surface area (Å²) in [6.45, 7) is 2.46. The van der Waals surface area contributed by atoms with E-state index < -0.39 is 10.0 Å². The van der Waals surface area contributed by atoms with Crippen molar-refractivity contribution in [1.29, 1.82) is 0 Å². The van der Waals surface area contributed by atoms with Crippen LogP contribution in [0.2, 0.25) is 0 Å². The van der Waals surface area contributed by atoms with Crippen molar-refractivity contribution < 1.29 is 13.2 Å². The standard InChI is InChI=1S/C16H26N4O3S/c1-18-8-7-15(17-18)13-3-9-19(10-4-13)16(21)14-5-11-20(12-6-14)24(2,22)23/h7-8,13-14H,3-6,9-12H2,1-2H3. The predicted octanol–water partition coefficient (Wildman–Crippen LogP) is 0.798. The molecule has 2 aliphatic heterocycles. The van der Waals surface area contributed by atoms with Gasteiger partial charge >= 0.3 is 0 Å². The summed E-state index contributed by atoms with van der Waals surface area (Å²) in [4.78, 5) is 14.7. The fourth-order valence-electron chi connectivity index (χ4n) is 3.74. The lowest BCUT2D eigenvalue weighted by Crippen LogP contribution is -2.46.